The molecule has 3 aromatic heterocycles. The molecule has 0 bridgehead atoms. The molecule has 0 aliphatic rings. The number of nitrogens with zero attached hydrogens (tertiary/aromatic N) is 3. The molecule has 1 aromatic carbocycles. The highest BCUT2D eigenvalue weighted by molar-refractivity contribution is 7.90. The second-order valence-corrected chi connectivity index (χ2v) is 6.20. The Morgan fingerprint density at radius 2 is 2.27 bits per heavy atom. The molecule has 6 nitrogen and oxygen atoms in total. The van der Waals surface area contributed by atoms with E-state index in [-0.39, 0.29) is 22.5 Å². The molecule has 1 unspecified atom stereocenters. The van der Waals surface area contributed by atoms with Crippen molar-refractivity contribution in [3.8, 4) is 11.4 Å². The molecule has 1 atom stereocenters. The molecule has 4 aromatic rings. The van der Waals surface area contributed by atoms with Crippen LogP contribution in [0, 0.1) is 6.85 Å². The van der Waals surface area contributed by atoms with Gasteiger partial charge in [-0.1, -0.05) is 0 Å². The van der Waals surface area contributed by atoms with Gasteiger partial charge in [0.25, 0.3) is 0 Å². The van der Waals surface area contributed by atoms with Crippen molar-refractivity contribution in [1.82, 2.24) is 19.5 Å². The first-order valence-corrected chi connectivity index (χ1v) is 8.49. The monoisotopic (exact) mass is 376 g/mol. The Morgan fingerprint density at radius 3 is 3.04 bits per heavy atom. The highest BCUT2D eigenvalue weighted by atomic mass is 32.2. The van der Waals surface area contributed by atoms with Gasteiger partial charge in [0.2, 0.25) is 0 Å². The van der Waals surface area contributed by atoms with Gasteiger partial charge in [0.15, 0.2) is 7.12 Å². The topological polar surface area (TPSA) is 78.8 Å². The van der Waals surface area contributed by atoms with Gasteiger partial charge in [0.1, 0.15) is 5.75 Å². The fourth-order valence-electron chi connectivity index (χ4n) is 2.30. The van der Waals surface area contributed by atoms with Crippen molar-refractivity contribution in [1.29, 1.82) is 0 Å². The van der Waals surface area contributed by atoms with E-state index in [9.17, 15) is 4.55 Å². The SMILES string of the molecule is [2H]c1c([2H])c([2H])n(-c2ccc3c(c2)nc([S+]([O-])C([2H])([2H])c2nccc(OC)c2C([2H])([2H])[2H])n3[2H])c1[2H]. The average molecular weight is 377 g/mol. The Balaban J connectivity index is 1.84. The number of methoxy groups -OCH3 is 1. The molecule has 0 spiro atoms. The van der Waals surface area contributed by atoms with Crippen LogP contribution in [0.4, 0.5) is 0 Å². The number of hydrogen-bond acceptors (Lipinski definition) is 4. The van der Waals surface area contributed by atoms with Crippen LogP contribution in [-0.4, -0.2) is 31.2 Å². The first kappa shape index (κ1) is 8.75. The highest BCUT2D eigenvalue weighted by Gasteiger charge is 2.20. The van der Waals surface area contributed by atoms with E-state index in [4.69, 9.17) is 18.5 Å². The van der Waals surface area contributed by atoms with E-state index in [0.29, 0.717) is 4.98 Å². The molecule has 26 heavy (non-hydrogen) atoms. The zero-order valence-corrected chi connectivity index (χ0v) is 14.2. The minimum absolute atomic E-state index is 0.0712. The summed E-state index contributed by atoms with van der Waals surface area (Å²) < 4.78 is 99.8. The van der Waals surface area contributed by atoms with Crippen LogP contribution in [0.15, 0.2) is 60.0 Å². The lowest BCUT2D eigenvalue weighted by Gasteiger charge is -2.10. The summed E-state index contributed by atoms with van der Waals surface area (Å²) in [5, 5.41) is -0.527. The summed E-state index contributed by atoms with van der Waals surface area (Å²) in [6.07, 6.45) is 0.343. The number of fused-ring (bicyclic) bond motifs is 1. The van der Waals surface area contributed by atoms with Crippen molar-refractivity contribution in [3.63, 3.8) is 0 Å². The largest absolute Gasteiger partial charge is 0.609 e. The first-order chi connectivity index (χ1) is 16.7. The number of aromatic nitrogens is 4. The number of nitrogens with one attached hydrogen (secondary N) is 1. The fourth-order valence-corrected chi connectivity index (χ4v) is 3.08. The summed E-state index contributed by atoms with van der Waals surface area (Å²) in [5.41, 5.74) is -3.68. The third kappa shape index (κ3) is 3.07. The van der Waals surface area contributed by atoms with Gasteiger partial charge in [0.05, 0.1) is 32.1 Å². The molecular weight excluding hydrogens is 348 g/mol. The van der Waals surface area contributed by atoms with Crippen LogP contribution in [-0.2, 0) is 16.9 Å². The Bertz CT molecular complexity index is 1460. The van der Waals surface area contributed by atoms with E-state index in [0.717, 1.165) is 10.8 Å². The molecule has 0 radical (unpaired) electrons. The lowest BCUT2D eigenvalue weighted by molar-refractivity contribution is 0.410. The lowest BCUT2D eigenvalue weighted by Crippen LogP contribution is -2.10. The Labute approximate surface area is 168 Å². The fraction of sp³-hybridized carbons (Fsp3) is 0.158. The number of imidazole rings is 1. The van der Waals surface area contributed by atoms with Gasteiger partial charge in [-0.15, -0.1) is 0 Å². The number of hydrogen-bond donors (Lipinski definition) is 1. The van der Waals surface area contributed by atoms with Gasteiger partial charge < -0.3 is 13.9 Å². The normalized spacial score (nSPS) is 19.0. The molecule has 7 heteroatoms. The molecule has 0 fully saturated rings. The van der Waals surface area contributed by atoms with Crippen molar-refractivity contribution in [2.75, 3.05) is 7.11 Å². The second-order valence-electron chi connectivity index (χ2n) is 5.10. The molecule has 1 N–H and O–H groups in total. The lowest BCUT2D eigenvalue weighted by atomic mass is 10.2. The van der Waals surface area contributed by atoms with Gasteiger partial charge in [-0.3, -0.25) is 9.96 Å². The predicted molar refractivity (Wildman–Crippen MR) is 101 cm³/mol. The molecule has 0 saturated heterocycles. The molecule has 132 valence electrons. The number of benzene rings is 1. The second kappa shape index (κ2) is 6.86. The standard InChI is InChI=1S/C19H18N4O2S/c1-13-17(20-8-7-18(13)25-2)12-26(24)19-21-15-6-5-14(11-16(15)22-19)23-9-3-4-10-23/h3-11H,12H2,1-2H3,(H,21,22)/i1D3,3D,4D,9D,10D,12D2/hD. The van der Waals surface area contributed by atoms with Gasteiger partial charge in [0, 0.05) is 45.1 Å². The summed E-state index contributed by atoms with van der Waals surface area (Å²) >= 11 is -2.71. The summed E-state index contributed by atoms with van der Waals surface area (Å²) in [4.78, 5) is 8.62. The zero-order valence-electron chi connectivity index (χ0n) is 23.4. The number of rotatable bonds is 5. The van der Waals surface area contributed by atoms with Gasteiger partial charge in [-0.2, -0.15) is 4.98 Å². The van der Waals surface area contributed by atoms with Crippen LogP contribution in [0.25, 0.3) is 16.7 Å². The zero-order chi connectivity index (χ0) is 26.7. The third-order valence-electron chi connectivity index (χ3n) is 3.54. The Hall–Kier alpha value is -2.77. The highest BCUT2D eigenvalue weighted by Crippen LogP contribution is 2.24. The van der Waals surface area contributed by atoms with Crippen molar-refractivity contribution >= 4 is 22.2 Å². The van der Waals surface area contributed by atoms with Crippen molar-refractivity contribution in [2.45, 2.75) is 17.7 Å². The molecule has 0 amide bonds. The molecule has 0 aliphatic heterocycles. The molecule has 4 rings (SSSR count). The van der Waals surface area contributed by atoms with Gasteiger partial charge in [-0.25, -0.2) is 0 Å². The van der Waals surface area contributed by atoms with Crippen LogP contribution in [0.1, 0.15) is 23.6 Å². The minimum atomic E-state index is -2.88. The van der Waals surface area contributed by atoms with E-state index >= 15 is 0 Å². The van der Waals surface area contributed by atoms with E-state index in [2.05, 4.69) is 9.97 Å². The van der Waals surface area contributed by atoms with Crippen LogP contribution in [0.5, 0.6) is 5.75 Å². The molecule has 0 aliphatic carbocycles. The number of aromatic amines is 1. The predicted octanol–water partition coefficient (Wildman–Crippen LogP) is 3.37. The van der Waals surface area contributed by atoms with Crippen LogP contribution < -0.4 is 4.74 Å². The summed E-state index contributed by atoms with van der Waals surface area (Å²) in [6.45, 7) is -2.84. The van der Waals surface area contributed by atoms with Crippen LogP contribution in [0.2, 0.25) is 1.41 Å². The van der Waals surface area contributed by atoms with E-state index in [1.807, 2.05) is 0 Å². The van der Waals surface area contributed by atoms with Gasteiger partial charge in [-0.05, 0) is 43.2 Å². The smallest absolute Gasteiger partial charge is 0.322 e. The summed E-state index contributed by atoms with van der Waals surface area (Å²) in [7, 11) is 1.21. The maximum absolute atomic E-state index is 13.4. The minimum Gasteiger partial charge on any atom is -0.609 e. The molecular formula is C19H18N4O2S. The Morgan fingerprint density at radius 1 is 1.42 bits per heavy atom. The number of ether oxygens (including phenoxy) is 1. The van der Waals surface area contributed by atoms with E-state index < -0.39 is 64.6 Å². The van der Waals surface area contributed by atoms with Crippen molar-refractivity contribution in [2.24, 2.45) is 0 Å². The van der Waals surface area contributed by atoms with Crippen LogP contribution >= 0.6 is 0 Å². The van der Waals surface area contributed by atoms with Crippen molar-refractivity contribution < 1.29 is 23.0 Å². The quantitative estimate of drug-likeness (QED) is 0.542. The Kier molecular flexibility index (Phi) is 2.31. The van der Waals surface area contributed by atoms with Crippen LogP contribution in [0.3, 0.4) is 0 Å². The number of pyridine rings is 1. The van der Waals surface area contributed by atoms with E-state index in [1.165, 1.54) is 31.4 Å². The van der Waals surface area contributed by atoms with E-state index in [1.54, 1.807) is 0 Å². The third-order valence-corrected chi connectivity index (χ3v) is 4.43. The maximum atomic E-state index is 13.4. The number of H-pyrrole nitrogens is 1. The first-order valence-electron chi connectivity index (χ1n) is 12.3. The molecule has 3 heterocycles. The van der Waals surface area contributed by atoms with Gasteiger partial charge >= 0.3 is 5.16 Å². The summed E-state index contributed by atoms with van der Waals surface area (Å²) in [5.74, 6) is -0.156. The maximum Gasteiger partial charge on any atom is 0.322 e. The molecule has 0 saturated carbocycles. The summed E-state index contributed by atoms with van der Waals surface area (Å²) in [6, 6.07) is 4.53. The average Bonchev–Trinajstić information content (AvgIpc) is 3.25. The van der Waals surface area contributed by atoms with Crippen molar-refractivity contribution in [3.05, 3.63) is 66.2 Å².